The molecule has 0 radical (unpaired) electrons. The Balaban J connectivity index is 1.82. The van der Waals surface area contributed by atoms with E-state index in [0.717, 1.165) is 12.2 Å². The molecule has 0 bridgehead atoms. The van der Waals surface area contributed by atoms with Crippen molar-refractivity contribution < 1.29 is 9.13 Å². The summed E-state index contributed by atoms with van der Waals surface area (Å²) in [5.41, 5.74) is 0. The maximum absolute atomic E-state index is 13.1. The Morgan fingerprint density at radius 2 is 2.30 bits per heavy atom. The van der Waals surface area contributed by atoms with E-state index in [1.54, 1.807) is 18.3 Å². The van der Waals surface area contributed by atoms with Crippen molar-refractivity contribution in [2.45, 2.75) is 26.0 Å². The van der Waals surface area contributed by atoms with Gasteiger partial charge in [0.1, 0.15) is 23.5 Å². The van der Waals surface area contributed by atoms with Gasteiger partial charge in [-0.15, -0.1) is 0 Å². The van der Waals surface area contributed by atoms with Gasteiger partial charge in [-0.1, -0.05) is 13.0 Å². The predicted octanol–water partition coefficient (Wildman–Crippen LogP) is 2.51. The fourth-order valence-electron chi connectivity index (χ4n) is 1.91. The number of nitrogens with zero attached hydrogens (tertiary/aromatic N) is 2. The van der Waals surface area contributed by atoms with Gasteiger partial charge in [0, 0.05) is 32.1 Å². The van der Waals surface area contributed by atoms with Crippen molar-refractivity contribution in [2.75, 3.05) is 6.54 Å². The normalized spacial score (nSPS) is 12.3. The topological polar surface area (TPSA) is 39.1 Å². The van der Waals surface area contributed by atoms with Gasteiger partial charge in [0.2, 0.25) is 0 Å². The van der Waals surface area contributed by atoms with E-state index in [2.05, 4.69) is 10.3 Å². The maximum atomic E-state index is 13.1. The summed E-state index contributed by atoms with van der Waals surface area (Å²) in [5, 5.41) is 3.31. The van der Waals surface area contributed by atoms with Gasteiger partial charge >= 0.3 is 0 Å². The average molecular weight is 277 g/mol. The number of aryl methyl sites for hydroxylation is 1. The third kappa shape index (κ3) is 4.06. The highest BCUT2D eigenvalue weighted by Crippen LogP contribution is 2.14. The van der Waals surface area contributed by atoms with Crippen molar-refractivity contribution in [2.24, 2.45) is 7.05 Å². The summed E-state index contributed by atoms with van der Waals surface area (Å²) in [6.45, 7) is 3.43. The van der Waals surface area contributed by atoms with Crippen molar-refractivity contribution >= 4 is 0 Å². The Kier molecular flexibility index (Phi) is 5.12. The number of imidazole rings is 1. The van der Waals surface area contributed by atoms with Crippen LogP contribution < -0.4 is 10.1 Å². The number of nitrogens with one attached hydrogen (secondary N) is 1. The van der Waals surface area contributed by atoms with Crippen molar-refractivity contribution in [1.29, 1.82) is 0 Å². The first kappa shape index (κ1) is 14.5. The van der Waals surface area contributed by atoms with Crippen LogP contribution in [0.3, 0.4) is 0 Å². The molecule has 1 aromatic heterocycles. The zero-order valence-electron chi connectivity index (χ0n) is 11.8. The summed E-state index contributed by atoms with van der Waals surface area (Å²) in [7, 11) is 1.96. The molecule has 0 aliphatic carbocycles. The molecule has 108 valence electrons. The van der Waals surface area contributed by atoms with Crippen LogP contribution in [0.5, 0.6) is 5.75 Å². The predicted molar refractivity (Wildman–Crippen MR) is 76.0 cm³/mol. The van der Waals surface area contributed by atoms with E-state index in [4.69, 9.17) is 4.74 Å². The van der Waals surface area contributed by atoms with E-state index in [0.29, 0.717) is 18.8 Å². The molecule has 1 atom stereocenters. The molecule has 0 aliphatic rings. The van der Waals surface area contributed by atoms with E-state index in [1.165, 1.54) is 12.1 Å². The largest absolute Gasteiger partial charge is 0.489 e. The van der Waals surface area contributed by atoms with Gasteiger partial charge in [-0.3, -0.25) is 0 Å². The highest BCUT2D eigenvalue weighted by Gasteiger charge is 2.09. The summed E-state index contributed by atoms with van der Waals surface area (Å²) in [6.07, 6.45) is 4.55. The first-order valence-corrected chi connectivity index (χ1v) is 6.78. The Morgan fingerprint density at radius 3 is 2.95 bits per heavy atom. The minimum absolute atomic E-state index is 0.0112. The minimum Gasteiger partial charge on any atom is -0.489 e. The molecule has 5 heteroatoms. The molecular formula is C15H20FN3O. The second-order valence-electron chi connectivity index (χ2n) is 4.69. The molecule has 0 fully saturated rings. The van der Waals surface area contributed by atoms with E-state index < -0.39 is 0 Å². The van der Waals surface area contributed by atoms with Crippen molar-refractivity contribution in [1.82, 2.24) is 14.9 Å². The van der Waals surface area contributed by atoms with Crippen LogP contribution in [-0.4, -0.2) is 22.2 Å². The molecule has 1 aromatic carbocycles. The zero-order valence-corrected chi connectivity index (χ0v) is 11.8. The Morgan fingerprint density at radius 1 is 1.45 bits per heavy atom. The number of hydrogen-bond acceptors (Lipinski definition) is 3. The third-order valence-corrected chi connectivity index (χ3v) is 3.13. The van der Waals surface area contributed by atoms with Gasteiger partial charge in [-0.2, -0.15) is 0 Å². The summed E-state index contributed by atoms with van der Waals surface area (Å²) in [4.78, 5) is 4.24. The monoisotopic (exact) mass is 277 g/mol. The van der Waals surface area contributed by atoms with Gasteiger partial charge in [0.15, 0.2) is 0 Å². The van der Waals surface area contributed by atoms with E-state index in [9.17, 15) is 4.39 Å². The standard InChI is InChI=1S/C15H20FN3O/c1-3-13(20-14-6-4-5-12(16)9-14)10-17-11-15-18-7-8-19(15)2/h4-9,13,17H,3,10-11H2,1-2H3/t13-/m1/s1. The average Bonchev–Trinajstić information content (AvgIpc) is 2.83. The van der Waals surface area contributed by atoms with Gasteiger partial charge < -0.3 is 14.6 Å². The first-order valence-electron chi connectivity index (χ1n) is 6.78. The molecule has 0 unspecified atom stereocenters. The summed E-state index contributed by atoms with van der Waals surface area (Å²) >= 11 is 0. The summed E-state index contributed by atoms with van der Waals surface area (Å²) in [6, 6.07) is 6.23. The molecule has 20 heavy (non-hydrogen) atoms. The fraction of sp³-hybridized carbons (Fsp3) is 0.400. The molecule has 4 nitrogen and oxygen atoms in total. The Labute approximate surface area is 118 Å². The fourth-order valence-corrected chi connectivity index (χ4v) is 1.91. The van der Waals surface area contributed by atoms with Crippen LogP contribution in [0.25, 0.3) is 0 Å². The number of rotatable bonds is 7. The van der Waals surface area contributed by atoms with Crippen molar-refractivity contribution in [3.63, 3.8) is 0 Å². The van der Waals surface area contributed by atoms with E-state index in [-0.39, 0.29) is 11.9 Å². The molecule has 0 saturated carbocycles. The molecule has 2 aromatic rings. The number of halogens is 1. The smallest absolute Gasteiger partial charge is 0.126 e. The van der Waals surface area contributed by atoms with Gasteiger partial charge in [0.25, 0.3) is 0 Å². The number of hydrogen-bond donors (Lipinski definition) is 1. The number of aromatic nitrogens is 2. The van der Waals surface area contributed by atoms with Crippen LogP contribution in [0.2, 0.25) is 0 Å². The third-order valence-electron chi connectivity index (χ3n) is 3.13. The van der Waals surface area contributed by atoms with Crippen LogP contribution in [0, 0.1) is 5.82 Å². The SMILES string of the molecule is CC[C@H](CNCc1nccn1C)Oc1cccc(F)c1. The Hall–Kier alpha value is -1.88. The van der Waals surface area contributed by atoms with Gasteiger partial charge in [-0.05, 0) is 18.6 Å². The zero-order chi connectivity index (χ0) is 14.4. The molecule has 0 saturated heterocycles. The molecular weight excluding hydrogens is 257 g/mol. The van der Waals surface area contributed by atoms with Crippen LogP contribution in [0.4, 0.5) is 4.39 Å². The van der Waals surface area contributed by atoms with Gasteiger partial charge in [-0.25, -0.2) is 9.37 Å². The molecule has 1 N–H and O–H groups in total. The lowest BCUT2D eigenvalue weighted by atomic mass is 10.2. The van der Waals surface area contributed by atoms with Crippen molar-refractivity contribution in [3.05, 3.63) is 48.3 Å². The second-order valence-corrected chi connectivity index (χ2v) is 4.69. The van der Waals surface area contributed by atoms with Crippen molar-refractivity contribution in [3.8, 4) is 5.75 Å². The molecule has 2 rings (SSSR count). The summed E-state index contributed by atoms with van der Waals surface area (Å²) < 4.78 is 20.8. The quantitative estimate of drug-likeness (QED) is 0.845. The lowest BCUT2D eigenvalue weighted by molar-refractivity contribution is 0.192. The van der Waals surface area contributed by atoms with E-state index in [1.807, 2.05) is 24.7 Å². The van der Waals surface area contributed by atoms with Crippen LogP contribution in [-0.2, 0) is 13.6 Å². The van der Waals surface area contributed by atoms with Gasteiger partial charge in [0.05, 0.1) is 6.54 Å². The van der Waals surface area contributed by atoms with E-state index >= 15 is 0 Å². The highest BCUT2D eigenvalue weighted by molar-refractivity contribution is 5.22. The van der Waals surface area contributed by atoms with Crippen LogP contribution in [0.1, 0.15) is 19.2 Å². The minimum atomic E-state index is -0.279. The highest BCUT2D eigenvalue weighted by atomic mass is 19.1. The van der Waals surface area contributed by atoms with Crippen LogP contribution in [0.15, 0.2) is 36.7 Å². The Bertz CT molecular complexity index is 541. The lowest BCUT2D eigenvalue weighted by Gasteiger charge is -2.18. The number of benzene rings is 1. The molecule has 0 amide bonds. The number of ether oxygens (including phenoxy) is 1. The molecule has 0 spiro atoms. The maximum Gasteiger partial charge on any atom is 0.126 e. The second kappa shape index (κ2) is 7.05. The first-order chi connectivity index (χ1) is 9.69. The summed E-state index contributed by atoms with van der Waals surface area (Å²) in [5.74, 6) is 1.26. The molecule has 1 heterocycles. The van der Waals surface area contributed by atoms with Crippen LogP contribution >= 0.6 is 0 Å². The molecule has 0 aliphatic heterocycles. The lowest BCUT2D eigenvalue weighted by Crippen LogP contribution is -2.31.